The van der Waals surface area contributed by atoms with Crippen molar-refractivity contribution in [2.45, 2.75) is 19.5 Å². The van der Waals surface area contributed by atoms with E-state index in [4.69, 9.17) is 0 Å². The van der Waals surface area contributed by atoms with E-state index in [9.17, 15) is 19.2 Å². The van der Waals surface area contributed by atoms with Gasteiger partial charge < -0.3 is 21.3 Å². The number of anilines is 2. The van der Waals surface area contributed by atoms with Crippen LogP contribution in [0.4, 0.5) is 16.2 Å². The molecule has 4 N–H and O–H groups in total. The van der Waals surface area contributed by atoms with Crippen LogP contribution in [0, 0.1) is 0 Å². The van der Waals surface area contributed by atoms with Crippen LogP contribution in [0.3, 0.4) is 0 Å². The molecule has 0 aliphatic carbocycles. The van der Waals surface area contributed by atoms with Crippen LogP contribution in [-0.2, 0) is 16.1 Å². The predicted octanol–water partition coefficient (Wildman–Crippen LogP) is 5.68. The second-order valence-electron chi connectivity index (χ2n) is 11.7. The molecule has 1 fully saturated rings. The number of carbonyl (C=O) groups is 4. The summed E-state index contributed by atoms with van der Waals surface area (Å²) in [7, 11) is 0. The zero-order chi connectivity index (χ0) is 34.6. The van der Waals surface area contributed by atoms with Crippen molar-refractivity contribution in [1.82, 2.24) is 25.9 Å². The third-order valence-corrected chi connectivity index (χ3v) is 8.41. The number of benzene rings is 3. The zero-order valence-electron chi connectivity index (χ0n) is 26.9. The molecule has 246 valence electrons. The molecular formula is C39H31N7O4. The van der Waals surface area contributed by atoms with Gasteiger partial charge in [-0.15, -0.1) is 0 Å². The van der Waals surface area contributed by atoms with E-state index in [1.807, 2.05) is 49.4 Å². The topological polar surface area (TPSA) is 145 Å². The summed E-state index contributed by atoms with van der Waals surface area (Å²) in [6.45, 7) is 2.16. The van der Waals surface area contributed by atoms with Crippen molar-refractivity contribution in [3.05, 3.63) is 161 Å². The number of aromatic nitrogens is 2. The quantitative estimate of drug-likeness (QED) is 0.118. The fourth-order valence-corrected chi connectivity index (χ4v) is 5.90. The fraction of sp³-hybridized carbons (Fsp3) is 0.0769. The second-order valence-corrected chi connectivity index (χ2v) is 11.7. The molecule has 0 saturated carbocycles. The highest BCUT2D eigenvalue weighted by Crippen LogP contribution is 2.37. The number of fused-ring (bicyclic) bond motifs is 1. The molecule has 0 unspecified atom stereocenters. The van der Waals surface area contributed by atoms with Crippen LogP contribution in [0.2, 0.25) is 0 Å². The number of imide groups is 1. The maximum atomic E-state index is 13.5. The van der Waals surface area contributed by atoms with Crippen molar-refractivity contribution in [2.75, 3.05) is 10.2 Å². The minimum Gasteiger partial charge on any atom is -0.380 e. The molecule has 50 heavy (non-hydrogen) atoms. The molecule has 0 spiro atoms. The largest absolute Gasteiger partial charge is 0.380 e. The first-order valence-electron chi connectivity index (χ1n) is 15.9. The summed E-state index contributed by atoms with van der Waals surface area (Å²) in [6.07, 6.45) is 8.11. The Kier molecular flexibility index (Phi) is 8.68. The first kappa shape index (κ1) is 31.7. The Hall–Kier alpha value is -6.88. The lowest BCUT2D eigenvalue weighted by Gasteiger charge is -2.17. The summed E-state index contributed by atoms with van der Waals surface area (Å²) in [5.41, 5.74) is 6.08. The first-order valence-corrected chi connectivity index (χ1v) is 15.9. The van der Waals surface area contributed by atoms with E-state index in [-0.39, 0.29) is 30.1 Å². The average molecular weight is 662 g/mol. The Morgan fingerprint density at radius 1 is 0.840 bits per heavy atom. The van der Waals surface area contributed by atoms with Gasteiger partial charge in [0.2, 0.25) is 0 Å². The van der Waals surface area contributed by atoms with Crippen LogP contribution in [0.25, 0.3) is 17.3 Å². The molecule has 7 rings (SSSR count). The molecule has 2 aromatic heterocycles. The minimum absolute atomic E-state index is 0.154. The molecule has 0 radical (unpaired) electrons. The normalized spacial score (nSPS) is 16.1. The summed E-state index contributed by atoms with van der Waals surface area (Å²) < 4.78 is 0. The zero-order valence-corrected chi connectivity index (χ0v) is 26.9. The Labute approximate surface area is 287 Å². The molecule has 5 amide bonds. The molecule has 0 bridgehead atoms. The Morgan fingerprint density at radius 2 is 1.66 bits per heavy atom. The molecule has 5 aromatic rings. The highest BCUT2D eigenvalue weighted by atomic mass is 16.2. The lowest BCUT2D eigenvalue weighted by atomic mass is 9.98. The monoisotopic (exact) mass is 661 g/mol. The minimum atomic E-state index is -0.559. The van der Waals surface area contributed by atoms with E-state index < -0.39 is 11.9 Å². The van der Waals surface area contributed by atoms with Gasteiger partial charge in [0.25, 0.3) is 17.7 Å². The number of carbonyl (C=O) groups excluding carboxylic acids is 4. The van der Waals surface area contributed by atoms with Gasteiger partial charge in [0.1, 0.15) is 5.70 Å². The van der Waals surface area contributed by atoms with Crippen molar-refractivity contribution in [2.24, 2.45) is 0 Å². The van der Waals surface area contributed by atoms with E-state index in [2.05, 4.69) is 31.2 Å². The molecule has 1 atom stereocenters. The molecule has 11 nitrogen and oxygen atoms in total. The second kappa shape index (κ2) is 13.7. The van der Waals surface area contributed by atoms with E-state index in [1.54, 1.807) is 85.5 Å². The predicted molar refractivity (Wildman–Crippen MR) is 190 cm³/mol. The summed E-state index contributed by atoms with van der Waals surface area (Å²) >= 11 is 0. The number of urea groups is 1. The van der Waals surface area contributed by atoms with Gasteiger partial charge in [-0.05, 0) is 84.3 Å². The number of nitrogens with zero attached hydrogens (tertiary/aromatic N) is 3. The van der Waals surface area contributed by atoms with E-state index in [0.29, 0.717) is 39.3 Å². The van der Waals surface area contributed by atoms with E-state index >= 15 is 0 Å². The maximum Gasteiger partial charge on any atom is 0.333 e. The lowest BCUT2D eigenvalue weighted by Crippen LogP contribution is -2.30. The van der Waals surface area contributed by atoms with Gasteiger partial charge in [-0.2, -0.15) is 0 Å². The fourth-order valence-electron chi connectivity index (χ4n) is 5.90. The maximum absolute atomic E-state index is 13.5. The van der Waals surface area contributed by atoms with Crippen LogP contribution in [0.5, 0.6) is 0 Å². The van der Waals surface area contributed by atoms with Gasteiger partial charge in [-0.25, -0.2) is 9.69 Å². The van der Waals surface area contributed by atoms with Crippen molar-refractivity contribution < 1.29 is 19.2 Å². The average Bonchev–Trinajstić information content (AvgIpc) is 3.62. The molecule has 11 heteroatoms. The summed E-state index contributed by atoms with van der Waals surface area (Å²) in [6, 6.07) is 28.1. The third-order valence-electron chi connectivity index (χ3n) is 8.41. The molecule has 1 saturated heterocycles. The van der Waals surface area contributed by atoms with Crippen LogP contribution < -0.4 is 26.2 Å². The van der Waals surface area contributed by atoms with E-state index in [1.165, 1.54) is 0 Å². The molecule has 3 aromatic carbocycles. The van der Waals surface area contributed by atoms with Crippen molar-refractivity contribution in [3.63, 3.8) is 0 Å². The number of hydrogen-bond donors (Lipinski definition) is 4. The lowest BCUT2D eigenvalue weighted by molar-refractivity contribution is -0.114. The Bertz CT molecular complexity index is 2180. The first-order chi connectivity index (χ1) is 24.4. The number of hydrogen-bond acceptors (Lipinski definition) is 7. The SMILES string of the molecule is C[C@@H](NC(=O)c1ccc2c(c1)/C(=C(/NCc1cccc(N3C(=O)N/C(=C\c4ccncc4)C3=O)c1)c1cccnc1)C(=O)N2)c1ccccc1. The number of nitrogens with one attached hydrogen (secondary N) is 4. The summed E-state index contributed by atoms with van der Waals surface area (Å²) in [4.78, 5) is 62.4. The molecule has 4 heterocycles. The summed E-state index contributed by atoms with van der Waals surface area (Å²) in [5.74, 6) is -1.08. The van der Waals surface area contributed by atoms with Gasteiger partial charge >= 0.3 is 6.03 Å². The van der Waals surface area contributed by atoms with Gasteiger partial charge in [0, 0.05) is 53.7 Å². The third kappa shape index (κ3) is 6.47. The van der Waals surface area contributed by atoms with Crippen LogP contribution in [0.15, 0.2) is 128 Å². The highest BCUT2D eigenvalue weighted by molar-refractivity contribution is 6.37. The number of rotatable bonds is 9. The van der Waals surface area contributed by atoms with Crippen LogP contribution in [-0.4, -0.2) is 33.7 Å². The van der Waals surface area contributed by atoms with E-state index in [0.717, 1.165) is 21.6 Å². The number of pyridine rings is 2. The summed E-state index contributed by atoms with van der Waals surface area (Å²) in [5, 5.41) is 12.0. The van der Waals surface area contributed by atoms with Gasteiger partial charge in [-0.3, -0.25) is 24.4 Å². The van der Waals surface area contributed by atoms with Crippen LogP contribution in [0.1, 0.15) is 51.1 Å². The van der Waals surface area contributed by atoms with Crippen molar-refractivity contribution >= 4 is 52.5 Å². The van der Waals surface area contributed by atoms with Gasteiger partial charge in [0.15, 0.2) is 0 Å². The van der Waals surface area contributed by atoms with Gasteiger partial charge in [0.05, 0.1) is 23.0 Å². The smallest absolute Gasteiger partial charge is 0.333 e. The molecular weight excluding hydrogens is 630 g/mol. The van der Waals surface area contributed by atoms with Crippen LogP contribution >= 0.6 is 0 Å². The van der Waals surface area contributed by atoms with Crippen molar-refractivity contribution in [1.29, 1.82) is 0 Å². The van der Waals surface area contributed by atoms with Crippen molar-refractivity contribution in [3.8, 4) is 0 Å². The molecule has 2 aliphatic heterocycles. The standard InChI is InChI=1S/C39H31N7O4/c1-24(27-8-3-2-4-9-27)43-36(47)28-12-13-32-31(21-28)34(37(48)44-32)35(29-10-6-16-41-23-29)42-22-26-7-5-11-30(19-26)46-38(49)33(45-39(46)50)20-25-14-17-40-18-15-25/h2-21,23-24,42H,22H2,1H3,(H,43,47)(H,44,48)(H,45,50)/b33-20-,35-34-/t24-/m1/s1. The molecule has 2 aliphatic rings. The number of amides is 5. The Balaban J connectivity index is 1.17. The highest BCUT2D eigenvalue weighted by Gasteiger charge is 2.35. The Morgan fingerprint density at radius 3 is 2.44 bits per heavy atom. The van der Waals surface area contributed by atoms with Gasteiger partial charge in [-0.1, -0.05) is 42.5 Å².